The number of fused-ring (bicyclic) bond motifs is 1. The quantitative estimate of drug-likeness (QED) is 0.675. The fourth-order valence-corrected chi connectivity index (χ4v) is 3.90. The van der Waals surface area contributed by atoms with Crippen molar-refractivity contribution in [2.24, 2.45) is 0 Å². The molecule has 0 fully saturated rings. The van der Waals surface area contributed by atoms with Crippen molar-refractivity contribution in [3.05, 3.63) is 54.1 Å². The molecule has 25 heavy (non-hydrogen) atoms. The molecule has 0 radical (unpaired) electrons. The van der Waals surface area contributed by atoms with E-state index in [4.69, 9.17) is 6.42 Å². The Hall–Kier alpha value is -2.73. The Kier molecular flexibility index (Phi) is 4.81. The van der Waals surface area contributed by atoms with E-state index in [1.807, 2.05) is 24.3 Å². The van der Waals surface area contributed by atoms with Crippen molar-refractivity contribution in [3.8, 4) is 12.3 Å². The molecule has 0 saturated heterocycles. The Balaban J connectivity index is 1.75. The lowest BCUT2D eigenvalue weighted by Gasteiger charge is -2.05. The Morgan fingerprint density at radius 2 is 1.88 bits per heavy atom. The Morgan fingerprint density at radius 3 is 2.56 bits per heavy atom. The fraction of sp³-hybridized carbons (Fsp3) is 0.0588. The highest BCUT2D eigenvalue weighted by molar-refractivity contribution is 7.89. The first-order valence-corrected chi connectivity index (χ1v) is 9.50. The standard InChI is InChI=1S/C17H13N3O3S2/c1-2-11-18-25(22,23)13-9-7-12(8-10-13)16(21)20-17-19-14-5-3-4-6-15(14)24-17/h1,3-10,18H,11H2,(H,19,20,21). The molecular formula is C17H13N3O3S2. The number of anilines is 1. The number of hydrogen-bond acceptors (Lipinski definition) is 5. The van der Waals surface area contributed by atoms with Gasteiger partial charge in [-0.05, 0) is 36.4 Å². The third-order valence-electron chi connectivity index (χ3n) is 3.31. The van der Waals surface area contributed by atoms with Gasteiger partial charge >= 0.3 is 0 Å². The molecule has 0 unspecified atom stereocenters. The SMILES string of the molecule is C#CCNS(=O)(=O)c1ccc(C(=O)Nc2nc3ccccc3s2)cc1. The maximum absolute atomic E-state index is 12.3. The van der Waals surface area contributed by atoms with Crippen LogP contribution in [0.15, 0.2) is 53.4 Å². The van der Waals surface area contributed by atoms with Crippen LogP contribution < -0.4 is 10.0 Å². The van der Waals surface area contributed by atoms with E-state index >= 15 is 0 Å². The van der Waals surface area contributed by atoms with E-state index in [0.29, 0.717) is 10.7 Å². The van der Waals surface area contributed by atoms with Crippen molar-refractivity contribution in [1.29, 1.82) is 0 Å². The number of para-hydroxylation sites is 1. The van der Waals surface area contributed by atoms with E-state index < -0.39 is 10.0 Å². The van der Waals surface area contributed by atoms with Crippen LogP contribution in [0.25, 0.3) is 10.2 Å². The molecule has 0 aliphatic carbocycles. The minimum Gasteiger partial charge on any atom is -0.298 e. The van der Waals surface area contributed by atoms with E-state index in [9.17, 15) is 13.2 Å². The summed E-state index contributed by atoms with van der Waals surface area (Å²) in [5.74, 6) is 1.84. The molecular weight excluding hydrogens is 358 g/mol. The zero-order valence-electron chi connectivity index (χ0n) is 12.9. The lowest BCUT2D eigenvalue weighted by molar-refractivity contribution is 0.102. The number of sulfonamides is 1. The highest BCUT2D eigenvalue weighted by atomic mass is 32.2. The molecule has 0 aliphatic rings. The molecule has 1 amide bonds. The largest absolute Gasteiger partial charge is 0.298 e. The van der Waals surface area contributed by atoms with E-state index in [0.717, 1.165) is 10.2 Å². The third-order valence-corrected chi connectivity index (χ3v) is 5.67. The summed E-state index contributed by atoms with van der Waals surface area (Å²) in [7, 11) is -3.68. The van der Waals surface area contributed by atoms with Crippen molar-refractivity contribution in [2.45, 2.75) is 4.90 Å². The summed E-state index contributed by atoms with van der Waals surface area (Å²) in [6.45, 7) is -0.0951. The zero-order chi connectivity index (χ0) is 17.9. The molecule has 1 heterocycles. The molecule has 0 spiro atoms. The van der Waals surface area contributed by atoms with Gasteiger partial charge in [0.1, 0.15) is 0 Å². The van der Waals surface area contributed by atoms with Gasteiger partial charge in [0.15, 0.2) is 5.13 Å². The Labute approximate surface area is 149 Å². The lowest BCUT2D eigenvalue weighted by Crippen LogP contribution is -2.24. The summed E-state index contributed by atoms with van der Waals surface area (Å²) in [5.41, 5.74) is 1.14. The number of carbonyl (C=O) groups excluding carboxylic acids is 1. The van der Waals surface area contributed by atoms with Crippen molar-refractivity contribution in [3.63, 3.8) is 0 Å². The molecule has 6 nitrogen and oxygen atoms in total. The second-order valence-corrected chi connectivity index (χ2v) is 7.79. The van der Waals surface area contributed by atoms with Gasteiger partial charge in [0.05, 0.1) is 21.7 Å². The number of benzene rings is 2. The number of carbonyl (C=O) groups is 1. The van der Waals surface area contributed by atoms with Gasteiger partial charge in [-0.15, -0.1) is 6.42 Å². The van der Waals surface area contributed by atoms with E-state index in [2.05, 4.69) is 20.9 Å². The fourth-order valence-electron chi connectivity index (χ4n) is 2.10. The van der Waals surface area contributed by atoms with Gasteiger partial charge < -0.3 is 0 Å². The third kappa shape index (κ3) is 3.85. The molecule has 126 valence electrons. The van der Waals surface area contributed by atoms with Gasteiger partial charge in [0.25, 0.3) is 5.91 Å². The highest BCUT2D eigenvalue weighted by Crippen LogP contribution is 2.25. The molecule has 0 aliphatic heterocycles. The number of terminal acetylenes is 1. The van der Waals surface area contributed by atoms with Gasteiger partial charge in [-0.1, -0.05) is 29.4 Å². The van der Waals surface area contributed by atoms with Gasteiger partial charge in [0, 0.05) is 5.56 Å². The summed E-state index contributed by atoms with van der Waals surface area (Å²) in [4.78, 5) is 16.7. The number of thiazole rings is 1. The smallest absolute Gasteiger partial charge is 0.257 e. The summed E-state index contributed by atoms with van der Waals surface area (Å²) in [5, 5.41) is 3.20. The molecule has 2 aromatic carbocycles. The lowest BCUT2D eigenvalue weighted by atomic mass is 10.2. The average molecular weight is 371 g/mol. The van der Waals surface area contributed by atoms with E-state index in [-0.39, 0.29) is 17.3 Å². The van der Waals surface area contributed by atoms with Gasteiger partial charge in [-0.25, -0.2) is 13.4 Å². The summed E-state index contributed by atoms with van der Waals surface area (Å²) < 4.78 is 27.1. The number of amides is 1. The van der Waals surface area contributed by atoms with Gasteiger partial charge in [-0.2, -0.15) is 4.72 Å². The summed E-state index contributed by atoms with van der Waals surface area (Å²) in [6.07, 6.45) is 5.04. The molecule has 8 heteroatoms. The van der Waals surface area contributed by atoms with Crippen LogP contribution in [0.2, 0.25) is 0 Å². The first-order valence-electron chi connectivity index (χ1n) is 7.20. The summed E-state index contributed by atoms with van der Waals surface area (Å²) in [6, 6.07) is 13.1. The summed E-state index contributed by atoms with van der Waals surface area (Å²) >= 11 is 1.37. The van der Waals surface area contributed by atoms with Crippen molar-refractivity contribution in [1.82, 2.24) is 9.71 Å². The van der Waals surface area contributed by atoms with Crippen molar-refractivity contribution in [2.75, 3.05) is 11.9 Å². The van der Waals surface area contributed by atoms with E-state index in [1.165, 1.54) is 35.6 Å². The van der Waals surface area contributed by atoms with Crippen LogP contribution in [0.5, 0.6) is 0 Å². The Morgan fingerprint density at radius 1 is 1.16 bits per heavy atom. The predicted octanol–water partition coefficient (Wildman–Crippen LogP) is 2.46. The average Bonchev–Trinajstić information content (AvgIpc) is 3.02. The molecule has 0 bridgehead atoms. The normalized spacial score (nSPS) is 11.2. The van der Waals surface area contributed by atoms with Gasteiger partial charge in [-0.3, -0.25) is 10.1 Å². The first kappa shape index (κ1) is 17.1. The van der Waals surface area contributed by atoms with Crippen LogP contribution >= 0.6 is 11.3 Å². The van der Waals surface area contributed by atoms with Crippen LogP contribution in [0.1, 0.15) is 10.4 Å². The molecule has 0 saturated carbocycles. The van der Waals surface area contributed by atoms with Crippen LogP contribution in [0.4, 0.5) is 5.13 Å². The van der Waals surface area contributed by atoms with Crippen LogP contribution in [0.3, 0.4) is 0 Å². The first-order chi connectivity index (χ1) is 12.0. The number of aromatic nitrogens is 1. The van der Waals surface area contributed by atoms with Gasteiger partial charge in [0.2, 0.25) is 10.0 Å². The molecule has 1 aromatic heterocycles. The second-order valence-electron chi connectivity index (χ2n) is 4.99. The minimum atomic E-state index is -3.68. The van der Waals surface area contributed by atoms with E-state index in [1.54, 1.807) is 0 Å². The molecule has 2 N–H and O–H groups in total. The van der Waals surface area contributed by atoms with Crippen molar-refractivity contribution < 1.29 is 13.2 Å². The minimum absolute atomic E-state index is 0.0410. The molecule has 0 atom stereocenters. The van der Waals surface area contributed by atoms with Crippen molar-refractivity contribution >= 4 is 42.6 Å². The number of nitrogens with zero attached hydrogens (tertiary/aromatic N) is 1. The van der Waals surface area contributed by atoms with Crippen LogP contribution in [0, 0.1) is 12.3 Å². The second kappa shape index (κ2) is 7.03. The molecule has 3 rings (SSSR count). The van der Waals surface area contributed by atoms with Crippen LogP contribution in [-0.2, 0) is 10.0 Å². The highest BCUT2D eigenvalue weighted by Gasteiger charge is 2.15. The number of rotatable bonds is 5. The predicted molar refractivity (Wildman–Crippen MR) is 98.0 cm³/mol. The Bertz CT molecular complexity index is 1030. The maximum atomic E-state index is 12.3. The maximum Gasteiger partial charge on any atom is 0.257 e. The topological polar surface area (TPSA) is 88.2 Å². The zero-order valence-corrected chi connectivity index (χ0v) is 14.5. The number of nitrogens with one attached hydrogen (secondary N) is 2. The van der Waals surface area contributed by atoms with Crippen LogP contribution in [-0.4, -0.2) is 25.9 Å². The monoisotopic (exact) mass is 371 g/mol. The molecule has 3 aromatic rings. The number of hydrogen-bond donors (Lipinski definition) is 2.